The Labute approximate surface area is 166 Å². The van der Waals surface area contributed by atoms with Crippen LogP contribution in [0, 0.1) is 0 Å². The van der Waals surface area contributed by atoms with Gasteiger partial charge in [-0.15, -0.1) is 0 Å². The SMILES string of the molecule is CO/C(=C/C(=O)O)COc1cc(-n2c(=O)cc(C(F)(F)F)n(C)c2=O)ccc1Cl. The lowest BCUT2D eigenvalue weighted by atomic mass is 10.3. The van der Waals surface area contributed by atoms with E-state index in [0.717, 1.165) is 19.2 Å². The minimum atomic E-state index is -4.88. The third-order valence-corrected chi connectivity index (χ3v) is 4.01. The highest BCUT2D eigenvalue weighted by Gasteiger charge is 2.35. The van der Waals surface area contributed by atoms with Crippen molar-refractivity contribution in [2.75, 3.05) is 13.7 Å². The molecule has 1 aromatic heterocycles. The summed E-state index contributed by atoms with van der Waals surface area (Å²) in [4.78, 5) is 35.2. The molecule has 0 radical (unpaired) electrons. The Morgan fingerprint density at radius 3 is 2.48 bits per heavy atom. The number of ether oxygens (including phenoxy) is 2. The van der Waals surface area contributed by atoms with Gasteiger partial charge in [0.15, 0.2) is 0 Å². The number of hydrogen-bond acceptors (Lipinski definition) is 5. The molecule has 156 valence electrons. The highest BCUT2D eigenvalue weighted by atomic mass is 35.5. The maximum Gasteiger partial charge on any atom is 0.431 e. The Morgan fingerprint density at radius 1 is 1.28 bits per heavy atom. The summed E-state index contributed by atoms with van der Waals surface area (Å²) in [6.45, 7) is -0.341. The molecule has 0 aliphatic rings. The van der Waals surface area contributed by atoms with Crippen LogP contribution in [0.3, 0.4) is 0 Å². The minimum Gasteiger partial charge on any atom is -0.497 e. The molecular formula is C17H14ClF3N2O6. The molecule has 2 rings (SSSR count). The predicted molar refractivity (Wildman–Crippen MR) is 95.5 cm³/mol. The van der Waals surface area contributed by atoms with Gasteiger partial charge in [-0.2, -0.15) is 13.2 Å². The second-order valence-corrected chi connectivity index (χ2v) is 6.01. The third-order valence-electron chi connectivity index (χ3n) is 3.70. The highest BCUT2D eigenvalue weighted by molar-refractivity contribution is 6.32. The standard InChI is InChI=1S/C17H14ClF3N2O6/c1-22-13(17(19,20)21)7-14(24)23(16(22)27)9-3-4-11(18)12(5-9)29-8-10(28-2)6-15(25)26/h3-7H,8H2,1-2H3,(H,25,26)/b10-6+. The molecule has 0 spiro atoms. The minimum absolute atomic E-state index is 0.0497. The first-order valence-corrected chi connectivity index (χ1v) is 8.14. The fraction of sp³-hybridized carbons (Fsp3) is 0.235. The van der Waals surface area contributed by atoms with Crippen molar-refractivity contribution < 1.29 is 32.5 Å². The van der Waals surface area contributed by atoms with Crippen molar-refractivity contribution in [3.05, 3.63) is 67.7 Å². The number of hydrogen-bond donors (Lipinski definition) is 1. The fourth-order valence-electron chi connectivity index (χ4n) is 2.32. The van der Waals surface area contributed by atoms with Crippen LogP contribution in [0.25, 0.3) is 5.69 Å². The molecule has 1 N–H and O–H groups in total. The van der Waals surface area contributed by atoms with Crippen LogP contribution >= 0.6 is 11.6 Å². The largest absolute Gasteiger partial charge is 0.497 e. The number of aromatic nitrogens is 2. The van der Waals surface area contributed by atoms with E-state index in [9.17, 15) is 27.6 Å². The maximum absolute atomic E-state index is 13.0. The Morgan fingerprint density at radius 2 is 1.93 bits per heavy atom. The van der Waals surface area contributed by atoms with Crippen LogP contribution in [0.4, 0.5) is 13.2 Å². The molecule has 0 aliphatic heterocycles. The van der Waals surface area contributed by atoms with E-state index in [1.54, 1.807) is 0 Å². The summed E-state index contributed by atoms with van der Waals surface area (Å²) in [5.41, 5.74) is -3.90. The number of halogens is 4. The molecule has 0 saturated carbocycles. The van der Waals surface area contributed by atoms with Crippen molar-refractivity contribution in [1.29, 1.82) is 0 Å². The number of rotatable bonds is 6. The van der Waals surface area contributed by atoms with Crippen LogP contribution in [0.15, 0.2) is 45.7 Å². The quantitative estimate of drug-likeness (QED) is 0.552. The molecule has 0 amide bonds. The summed E-state index contributed by atoms with van der Waals surface area (Å²) in [6, 6.07) is 3.97. The second kappa shape index (κ2) is 8.43. The van der Waals surface area contributed by atoms with Crippen molar-refractivity contribution >= 4 is 17.6 Å². The van der Waals surface area contributed by atoms with E-state index in [1.165, 1.54) is 19.2 Å². The van der Waals surface area contributed by atoms with Gasteiger partial charge in [0, 0.05) is 19.2 Å². The molecule has 0 bridgehead atoms. The number of methoxy groups -OCH3 is 1. The number of carbonyl (C=O) groups is 1. The van der Waals surface area contributed by atoms with Crippen LogP contribution < -0.4 is 16.0 Å². The van der Waals surface area contributed by atoms with Crippen molar-refractivity contribution in [2.24, 2.45) is 7.05 Å². The molecule has 1 aromatic carbocycles. The topological polar surface area (TPSA) is 99.8 Å². The van der Waals surface area contributed by atoms with E-state index in [2.05, 4.69) is 0 Å². The summed E-state index contributed by atoms with van der Waals surface area (Å²) in [7, 11) is 2.11. The molecule has 0 aliphatic carbocycles. The lowest BCUT2D eigenvalue weighted by Gasteiger charge is -2.15. The average molecular weight is 435 g/mol. The van der Waals surface area contributed by atoms with Crippen molar-refractivity contribution in [3.8, 4) is 11.4 Å². The van der Waals surface area contributed by atoms with E-state index in [-0.39, 0.29) is 28.8 Å². The van der Waals surface area contributed by atoms with E-state index < -0.39 is 29.1 Å². The lowest BCUT2D eigenvalue weighted by molar-refractivity contribution is -0.144. The van der Waals surface area contributed by atoms with E-state index in [0.29, 0.717) is 15.2 Å². The fourth-order valence-corrected chi connectivity index (χ4v) is 2.50. The second-order valence-electron chi connectivity index (χ2n) is 5.60. The van der Waals surface area contributed by atoms with Gasteiger partial charge in [0.05, 0.1) is 23.9 Å². The van der Waals surface area contributed by atoms with Gasteiger partial charge in [-0.3, -0.25) is 9.36 Å². The predicted octanol–water partition coefficient (Wildman–Crippen LogP) is 2.20. The summed E-state index contributed by atoms with van der Waals surface area (Å²) in [5, 5.41) is 8.79. The first-order valence-electron chi connectivity index (χ1n) is 7.76. The number of benzene rings is 1. The molecular weight excluding hydrogens is 421 g/mol. The summed E-state index contributed by atoms with van der Waals surface area (Å²) >= 11 is 5.99. The highest BCUT2D eigenvalue weighted by Crippen LogP contribution is 2.28. The molecule has 12 heteroatoms. The first-order chi connectivity index (χ1) is 13.5. The van der Waals surface area contributed by atoms with Crippen molar-refractivity contribution in [1.82, 2.24) is 9.13 Å². The molecule has 8 nitrogen and oxygen atoms in total. The van der Waals surface area contributed by atoms with Crippen molar-refractivity contribution in [3.63, 3.8) is 0 Å². The molecule has 0 saturated heterocycles. The van der Waals surface area contributed by atoms with Gasteiger partial charge in [-0.25, -0.2) is 14.2 Å². The summed E-state index contributed by atoms with van der Waals surface area (Å²) < 4.78 is 49.9. The zero-order valence-electron chi connectivity index (χ0n) is 15.0. The smallest absolute Gasteiger partial charge is 0.431 e. The Hall–Kier alpha value is -3.21. The average Bonchev–Trinajstić information content (AvgIpc) is 2.62. The summed E-state index contributed by atoms with van der Waals surface area (Å²) in [6.07, 6.45) is -4.12. The molecule has 0 atom stereocenters. The Balaban J connectivity index is 2.50. The molecule has 0 unspecified atom stereocenters. The monoisotopic (exact) mass is 434 g/mol. The van der Waals surface area contributed by atoms with Crippen LogP contribution in [0.1, 0.15) is 5.69 Å². The number of carboxylic acid groups (broad SMARTS) is 1. The Bertz CT molecular complexity index is 1090. The normalized spacial score (nSPS) is 12.0. The van der Waals surface area contributed by atoms with Gasteiger partial charge in [0.25, 0.3) is 5.56 Å². The van der Waals surface area contributed by atoms with E-state index in [4.69, 9.17) is 26.2 Å². The van der Waals surface area contributed by atoms with Crippen molar-refractivity contribution in [2.45, 2.75) is 6.18 Å². The van der Waals surface area contributed by atoms with Crippen LogP contribution in [0.2, 0.25) is 5.02 Å². The first kappa shape index (κ1) is 22.1. The number of alkyl halides is 3. The van der Waals surface area contributed by atoms with Gasteiger partial charge in [-0.1, -0.05) is 11.6 Å². The van der Waals surface area contributed by atoms with Gasteiger partial charge >= 0.3 is 17.8 Å². The van der Waals surface area contributed by atoms with Gasteiger partial charge in [0.2, 0.25) is 0 Å². The van der Waals surface area contributed by atoms with E-state index in [1.807, 2.05) is 0 Å². The third kappa shape index (κ3) is 4.99. The van der Waals surface area contributed by atoms with Crippen LogP contribution in [-0.4, -0.2) is 33.9 Å². The molecule has 29 heavy (non-hydrogen) atoms. The number of carboxylic acids is 1. The number of aliphatic carboxylic acids is 1. The maximum atomic E-state index is 13.0. The molecule has 1 heterocycles. The van der Waals surface area contributed by atoms with E-state index >= 15 is 0 Å². The van der Waals surface area contributed by atoms with Gasteiger partial charge in [-0.05, 0) is 12.1 Å². The van der Waals surface area contributed by atoms with Gasteiger partial charge in [0.1, 0.15) is 23.8 Å². The lowest BCUT2D eigenvalue weighted by Crippen LogP contribution is -2.40. The summed E-state index contributed by atoms with van der Waals surface area (Å²) in [5.74, 6) is -1.38. The van der Waals surface area contributed by atoms with Crippen LogP contribution in [0.5, 0.6) is 5.75 Å². The zero-order valence-corrected chi connectivity index (χ0v) is 15.7. The Kier molecular flexibility index (Phi) is 6.42. The molecule has 2 aromatic rings. The van der Waals surface area contributed by atoms with Gasteiger partial charge < -0.3 is 14.6 Å². The number of nitrogens with zero attached hydrogens (tertiary/aromatic N) is 2. The molecule has 0 fully saturated rings. The van der Waals surface area contributed by atoms with Crippen LogP contribution in [-0.2, 0) is 22.8 Å². The zero-order chi connectivity index (χ0) is 21.9.